The second-order valence-electron chi connectivity index (χ2n) is 2.77. The fourth-order valence-corrected chi connectivity index (χ4v) is 1.13. The van der Waals surface area contributed by atoms with Crippen LogP contribution in [0.1, 0.15) is 16.7 Å². The highest BCUT2D eigenvalue weighted by Gasteiger charge is 2.01. The Morgan fingerprint density at radius 2 is 1.91 bits per heavy atom. The smallest absolute Gasteiger partial charge is 0.122 e. The second-order valence-corrected chi connectivity index (χ2v) is 2.77. The van der Waals surface area contributed by atoms with Gasteiger partial charge in [0, 0.05) is 0 Å². The summed E-state index contributed by atoms with van der Waals surface area (Å²) in [4.78, 5) is 0. The molecule has 0 heterocycles. The minimum absolute atomic E-state index is 0.957. The molecule has 1 nitrogen and oxygen atoms in total. The van der Waals surface area contributed by atoms with Crippen LogP contribution in [0, 0.1) is 26.8 Å². The number of aryl methyl sites for hydroxylation is 2. The Bertz CT molecular complexity index is 264. The van der Waals surface area contributed by atoms with E-state index in [0.29, 0.717) is 0 Å². The molecule has 0 aliphatic rings. The molecule has 0 saturated carbocycles. The molecule has 1 heteroatoms. The maximum absolute atomic E-state index is 5.19. The molecule has 0 atom stereocenters. The van der Waals surface area contributed by atoms with Gasteiger partial charge < -0.3 is 4.74 Å². The molecule has 0 amide bonds. The Balaban J connectivity index is 3.24. The van der Waals surface area contributed by atoms with Gasteiger partial charge in [0.1, 0.15) is 5.75 Å². The lowest BCUT2D eigenvalue weighted by Gasteiger charge is -2.07. The molecule has 0 aromatic heterocycles. The van der Waals surface area contributed by atoms with Crippen molar-refractivity contribution in [2.24, 2.45) is 0 Å². The maximum atomic E-state index is 5.19. The molecule has 1 aromatic rings. The Hall–Kier alpha value is -0.980. The van der Waals surface area contributed by atoms with Crippen molar-refractivity contribution in [1.82, 2.24) is 0 Å². The Morgan fingerprint density at radius 3 is 2.45 bits per heavy atom. The molecular formula is C10H13O. The Kier molecular flexibility index (Phi) is 2.18. The van der Waals surface area contributed by atoms with E-state index in [2.05, 4.69) is 6.07 Å². The van der Waals surface area contributed by atoms with Gasteiger partial charge in [-0.2, -0.15) is 0 Å². The molecule has 1 radical (unpaired) electrons. The zero-order chi connectivity index (χ0) is 8.43. The number of methoxy groups -OCH3 is 1. The third-order valence-electron chi connectivity index (χ3n) is 1.88. The number of hydrogen-bond donors (Lipinski definition) is 0. The first-order valence-electron chi connectivity index (χ1n) is 3.69. The lowest BCUT2D eigenvalue weighted by molar-refractivity contribution is 0.411. The van der Waals surface area contributed by atoms with Crippen molar-refractivity contribution in [2.45, 2.75) is 20.8 Å². The molecule has 11 heavy (non-hydrogen) atoms. The van der Waals surface area contributed by atoms with E-state index in [-0.39, 0.29) is 0 Å². The van der Waals surface area contributed by atoms with Crippen LogP contribution in [0.25, 0.3) is 0 Å². The van der Waals surface area contributed by atoms with Crippen molar-refractivity contribution in [3.8, 4) is 5.75 Å². The molecule has 59 valence electrons. The minimum atomic E-state index is 0.957. The summed E-state index contributed by atoms with van der Waals surface area (Å²) >= 11 is 0. The van der Waals surface area contributed by atoms with Crippen LogP contribution < -0.4 is 4.74 Å². The third kappa shape index (κ3) is 1.53. The van der Waals surface area contributed by atoms with Crippen LogP contribution in [0.3, 0.4) is 0 Å². The number of benzene rings is 1. The molecule has 0 aliphatic carbocycles. The normalized spacial score (nSPS) is 9.82. The number of hydrogen-bond acceptors (Lipinski definition) is 1. The van der Waals surface area contributed by atoms with E-state index in [4.69, 9.17) is 4.74 Å². The fourth-order valence-electron chi connectivity index (χ4n) is 1.13. The van der Waals surface area contributed by atoms with E-state index < -0.39 is 0 Å². The highest BCUT2D eigenvalue weighted by Crippen LogP contribution is 2.21. The monoisotopic (exact) mass is 149 g/mol. The minimum Gasteiger partial charge on any atom is -0.496 e. The number of ether oxygens (including phenoxy) is 1. The molecule has 1 aromatic carbocycles. The zero-order valence-electron chi connectivity index (χ0n) is 7.49. The maximum Gasteiger partial charge on any atom is 0.122 e. The quantitative estimate of drug-likeness (QED) is 0.595. The van der Waals surface area contributed by atoms with Crippen molar-refractivity contribution in [1.29, 1.82) is 0 Å². The van der Waals surface area contributed by atoms with E-state index in [0.717, 1.165) is 11.3 Å². The van der Waals surface area contributed by atoms with E-state index in [9.17, 15) is 0 Å². The molecule has 0 aliphatic heterocycles. The van der Waals surface area contributed by atoms with Crippen molar-refractivity contribution in [3.05, 3.63) is 28.8 Å². The average Bonchev–Trinajstić information content (AvgIpc) is 1.96. The highest BCUT2D eigenvalue weighted by molar-refractivity contribution is 5.40. The first-order chi connectivity index (χ1) is 5.15. The molecule has 0 N–H and O–H groups in total. The van der Waals surface area contributed by atoms with Gasteiger partial charge in [0.05, 0.1) is 7.11 Å². The van der Waals surface area contributed by atoms with Gasteiger partial charge in [0.2, 0.25) is 0 Å². The van der Waals surface area contributed by atoms with E-state index >= 15 is 0 Å². The predicted molar refractivity (Wildman–Crippen MR) is 46.0 cm³/mol. The molecule has 0 saturated heterocycles. The van der Waals surface area contributed by atoms with Crippen LogP contribution in [-0.2, 0) is 0 Å². The first kappa shape index (κ1) is 8.12. The molecule has 0 bridgehead atoms. The number of rotatable bonds is 1. The Morgan fingerprint density at radius 1 is 1.27 bits per heavy atom. The lowest BCUT2D eigenvalue weighted by atomic mass is 10.1. The zero-order valence-corrected chi connectivity index (χ0v) is 7.49. The van der Waals surface area contributed by atoms with Gasteiger partial charge in [0.15, 0.2) is 0 Å². The third-order valence-corrected chi connectivity index (χ3v) is 1.88. The van der Waals surface area contributed by atoms with Crippen molar-refractivity contribution >= 4 is 0 Å². The summed E-state index contributed by atoms with van der Waals surface area (Å²) in [7, 11) is 1.70. The standard InChI is InChI=1S/C10H13O/c1-7-5-8(2)9(3)10(6-7)11-4/h6H,1-4H3. The Labute approximate surface area is 68.0 Å². The van der Waals surface area contributed by atoms with Gasteiger partial charge in [0.25, 0.3) is 0 Å². The van der Waals surface area contributed by atoms with Crippen LogP contribution in [0.5, 0.6) is 5.75 Å². The topological polar surface area (TPSA) is 9.23 Å². The first-order valence-corrected chi connectivity index (χ1v) is 3.69. The SMILES string of the molecule is COc1cc(C)[c]c(C)c1C. The van der Waals surface area contributed by atoms with Gasteiger partial charge in [-0.05, 0) is 49.6 Å². The summed E-state index contributed by atoms with van der Waals surface area (Å²) in [6.07, 6.45) is 0. The fraction of sp³-hybridized carbons (Fsp3) is 0.400. The molecule has 1 rings (SSSR count). The van der Waals surface area contributed by atoms with Crippen molar-refractivity contribution < 1.29 is 4.74 Å². The summed E-state index contributed by atoms with van der Waals surface area (Å²) in [5, 5.41) is 0. The van der Waals surface area contributed by atoms with Crippen LogP contribution in [0.2, 0.25) is 0 Å². The molecule has 0 unspecified atom stereocenters. The average molecular weight is 149 g/mol. The molecule has 0 spiro atoms. The van der Waals surface area contributed by atoms with Crippen LogP contribution in [-0.4, -0.2) is 7.11 Å². The predicted octanol–water partition coefficient (Wildman–Crippen LogP) is 2.42. The summed E-state index contributed by atoms with van der Waals surface area (Å²) in [6.45, 7) is 6.12. The van der Waals surface area contributed by atoms with E-state index in [1.54, 1.807) is 7.11 Å². The van der Waals surface area contributed by atoms with Crippen LogP contribution in [0.4, 0.5) is 0 Å². The second kappa shape index (κ2) is 2.95. The highest BCUT2D eigenvalue weighted by atomic mass is 16.5. The van der Waals surface area contributed by atoms with Gasteiger partial charge in [-0.25, -0.2) is 0 Å². The van der Waals surface area contributed by atoms with Gasteiger partial charge >= 0.3 is 0 Å². The van der Waals surface area contributed by atoms with Crippen molar-refractivity contribution in [2.75, 3.05) is 7.11 Å². The van der Waals surface area contributed by atoms with Crippen molar-refractivity contribution in [3.63, 3.8) is 0 Å². The summed E-state index contributed by atoms with van der Waals surface area (Å²) in [5.41, 5.74) is 3.48. The summed E-state index contributed by atoms with van der Waals surface area (Å²) < 4.78 is 5.19. The molecule has 0 fully saturated rings. The lowest BCUT2D eigenvalue weighted by Crippen LogP contribution is -1.91. The summed E-state index contributed by atoms with van der Waals surface area (Å²) in [6, 6.07) is 5.24. The molecular weight excluding hydrogens is 136 g/mol. The van der Waals surface area contributed by atoms with Crippen LogP contribution >= 0.6 is 0 Å². The van der Waals surface area contributed by atoms with Gasteiger partial charge in [-0.1, -0.05) is 0 Å². The van der Waals surface area contributed by atoms with E-state index in [1.165, 1.54) is 11.1 Å². The van der Waals surface area contributed by atoms with Gasteiger partial charge in [-0.3, -0.25) is 0 Å². The van der Waals surface area contributed by atoms with E-state index in [1.807, 2.05) is 26.8 Å². The largest absolute Gasteiger partial charge is 0.496 e. The van der Waals surface area contributed by atoms with Crippen LogP contribution in [0.15, 0.2) is 6.07 Å². The summed E-state index contributed by atoms with van der Waals surface area (Å²) in [5.74, 6) is 0.957. The van der Waals surface area contributed by atoms with Gasteiger partial charge in [-0.15, -0.1) is 0 Å².